The summed E-state index contributed by atoms with van der Waals surface area (Å²) >= 11 is 0. The van der Waals surface area contributed by atoms with Gasteiger partial charge in [-0.2, -0.15) is 13.2 Å². The van der Waals surface area contributed by atoms with Crippen LogP contribution in [0.25, 0.3) is 11.3 Å². The number of alkyl halides is 3. The summed E-state index contributed by atoms with van der Waals surface area (Å²) in [6.45, 7) is 3.56. The van der Waals surface area contributed by atoms with Gasteiger partial charge >= 0.3 is 6.18 Å². The third-order valence-corrected chi connectivity index (χ3v) is 7.22. The summed E-state index contributed by atoms with van der Waals surface area (Å²) < 4.78 is 49.1. The molecule has 0 aliphatic carbocycles. The summed E-state index contributed by atoms with van der Waals surface area (Å²) in [4.78, 5) is 24.0. The molecule has 1 amide bonds. The van der Waals surface area contributed by atoms with Gasteiger partial charge in [0.25, 0.3) is 5.91 Å². The van der Waals surface area contributed by atoms with Crippen molar-refractivity contribution in [3.63, 3.8) is 0 Å². The number of hydrogen-bond donors (Lipinski definition) is 3. The molecule has 3 heterocycles. The van der Waals surface area contributed by atoms with Gasteiger partial charge in [-0.15, -0.1) is 0 Å². The number of nitrogens with two attached hydrogens (primary N) is 1. The number of anilines is 1. The van der Waals surface area contributed by atoms with E-state index in [9.17, 15) is 23.1 Å². The molecule has 11 nitrogen and oxygen atoms in total. The number of likely N-dealkylation sites (N-methyl/N-ethyl adjacent to an activating group) is 2. The topological polar surface area (TPSA) is 129 Å². The fraction of sp³-hybridized carbons (Fsp3) is 0.444. The molecule has 1 aromatic heterocycles. The third-order valence-electron chi connectivity index (χ3n) is 7.22. The highest BCUT2D eigenvalue weighted by molar-refractivity contribution is 5.93. The molecule has 4 N–H and O–H groups in total. The molecular formula is C27H34F3N7O4. The number of carbonyl (C=O) groups is 1. The highest BCUT2D eigenvalue weighted by Gasteiger charge is 2.42. The Labute approximate surface area is 236 Å². The van der Waals surface area contributed by atoms with Gasteiger partial charge < -0.3 is 35.5 Å². The van der Waals surface area contributed by atoms with Crippen LogP contribution in [-0.4, -0.2) is 89.6 Å². The van der Waals surface area contributed by atoms with Gasteiger partial charge in [-0.05, 0) is 31.5 Å². The SMILES string of the molecule is COc1cc(OC)cc(C2(C)NC(c3nc(C4=C(C)N(CC(O)CC(F)(F)F)N(C)C4)cnc3N)=CN(C)C2=O)c1. The van der Waals surface area contributed by atoms with E-state index in [1.54, 1.807) is 62.4 Å². The summed E-state index contributed by atoms with van der Waals surface area (Å²) in [5.74, 6) is 0.881. The number of carbonyl (C=O) groups excluding carboxylic acids is 1. The first kappa shape index (κ1) is 29.9. The summed E-state index contributed by atoms with van der Waals surface area (Å²) in [6, 6.07) is 5.17. The van der Waals surface area contributed by atoms with Crippen LogP contribution in [0.3, 0.4) is 0 Å². The van der Waals surface area contributed by atoms with Gasteiger partial charge in [-0.3, -0.25) is 4.79 Å². The van der Waals surface area contributed by atoms with Crippen LogP contribution in [0.4, 0.5) is 19.0 Å². The zero-order valence-electron chi connectivity index (χ0n) is 23.7. The smallest absolute Gasteiger partial charge is 0.391 e. The number of hydrazine groups is 1. The van der Waals surface area contributed by atoms with Crippen molar-refractivity contribution in [1.29, 1.82) is 0 Å². The summed E-state index contributed by atoms with van der Waals surface area (Å²) in [5.41, 5.74) is 8.12. The molecule has 0 bridgehead atoms. The van der Waals surface area contributed by atoms with Crippen molar-refractivity contribution in [3.8, 4) is 11.5 Å². The lowest BCUT2D eigenvalue weighted by atomic mass is 9.88. The minimum Gasteiger partial charge on any atom is -0.497 e. The molecule has 14 heteroatoms. The Morgan fingerprint density at radius 1 is 1.20 bits per heavy atom. The lowest BCUT2D eigenvalue weighted by Gasteiger charge is -2.39. The number of rotatable bonds is 8. The zero-order chi connectivity index (χ0) is 30.3. The predicted molar refractivity (Wildman–Crippen MR) is 146 cm³/mol. The van der Waals surface area contributed by atoms with Crippen LogP contribution >= 0.6 is 0 Å². The number of nitrogens with one attached hydrogen (secondary N) is 1. The van der Waals surface area contributed by atoms with Crippen LogP contribution in [0, 0.1) is 0 Å². The molecule has 222 valence electrons. The van der Waals surface area contributed by atoms with E-state index in [4.69, 9.17) is 20.2 Å². The molecule has 2 atom stereocenters. The molecule has 0 saturated carbocycles. The van der Waals surface area contributed by atoms with Gasteiger partial charge in [0.2, 0.25) is 0 Å². The second kappa shape index (κ2) is 11.1. The van der Waals surface area contributed by atoms with E-state index in [0.29, 0.717) is 52.0 Å². The highest BCUT2D eigenvalue weighted by atomic mass is 19.4. The Morgan fingerprint density at radius 3 is 2.41 bits per heavy atom. The standard InChI is InChI=1S/C27H34F3N7O4/c1-15-20(13-36(4)37(15)12-17(38)10-27(28,29)30)21-11-32-24(31)23(33-21)22-14-35(3)25(39)26(2,34-22)16-7-18(40-5)9-19(8-16)41-6/h7-9,11,14,17,34,38H,10,12-13H2,1-6H3,(H2,31,32). The van der Waals surface area contributed by atoms with Gasteiger partial charge in [-0.25, -0.2) is 15.0 Å². The van der Waals surface area contributed by atoms with Crippen LogP contribution in [0.5, 0.6) is 11.5 Å². The molecule has 2 aliphatic heterocycles. The molecule has 0 fully saturated rings. The van der Waals surface area contributed by atoms with Crippen molar-refractivity contribution in [2.24, 2.45) is 0 Å². The van der Waals surface area contributed by atoms with Crippen LogP contribution < -0.4 is 20.5 Å². The van der Waals surface area contributed by atoms with Crippen molar-refractivity contribution in [3.05, 3.63) is 53.2 Å². The van der Waals surface area contributed by atoms with Gasteiger partial charge in [0.1, 0.15) is 22.7 Å². The van der Waals surface area contributed by atoms with E-state index in [0.717, 1.165) is 0 Å². The predicted octanol–water partition coefficient (Wildman–Crippen LogP) is 2.56. The maximum absolute atomic E-state index is 13.4. The van der Waals surface area contributed by atoms with Crippen LogP contribution in [0.15, 0.2) is 36.3 Å². The summed E-state index contributed by atoms with van der Waals surface area (Å²) in [6.07, 6.45) is -4.32. The zero-order valence-corrected chi connectivity index (χ0v) is 23.7. The number of methoxy groups -OCH3 is 2. The number of aliphatic hydroxyl groups is 1. The molecule has 2 aliphatic rings. The average Bonchev–Trinajstić information content (AvgIpc) is 3.18. The van der Waals surface area contributed by atoms with Gasteiger partial charge in [0.15, 0.2) is 5.82 Å². The molecule has 0 radical (unpaired) electrons. The molecule has 41 heavy (non-hydrogen) atoms. The molecule has 2 aromatic rings. The first-order chi connectivity index (χ1) is 19.2. The Balaban J connectivity index is 1.69. The number of benzene rings is 1. The number of nitrogens with zero attached hydrogens (tertiary/aromatic N) is 5. The van der Waals surface area contributed by atoms with Crippen molar-refractivity contribution in [1.82, 2.24) is 30.2 Å². The Bertz CT molecular complexity index is 1380. The van der Waals surface area contributed by atoms with Crippen molar-refractivity contribution in [2.75, 3.05) is 47.1 Å². The number of hydrogen-bond acceptors (Lipinski definition) is 10. The molecule has 4 rings (SSSR count). The average molecular weight is 578 g/mol. The Morgan fingerprint density at radius 2 is 1.83 bits per heavy atom. The largest absolute Gasteiger partial charge is 0.497 e. The minimum absolute atomic E-state index is 0.114. The van der Waals surface area contributed by atoms with E-state index in [1.165, 1.54) is 25.3 Å². The van der Waals surface area contributed by atoms with E-state index in [2.05, 4.69) is 10.3 Å². The molecule has 1 aromatic carbocycles. The van der Waals surface area contributed by atoms with Gasteiger partial charge in [0.05, 0.1) is 50.9 Å². The maximum atomic E-state index is 13.4. The lowest BCUT2D eigenvalue weighted by molar-refractivity contribution is -0.157. The number of aromatic nitrogens is 2. The van der Waals surface area contributed by atoms with Crippen molar-refractivity contribution < 1.29 is 32.5 Å². The van der Waals surface area contributed by atoms with E-state index >= 15 is 0 Å². The number of halogens is 3. The van der Waals surface area contributed by atoms with Crippen LogP contribution in [0.1, 0.15) is 37.2 Å². The fourth-order valence-corrected chi connectivity index (χ4v) is 5.03. The molecular weight excluding hydrogens is 543 g/mol. The van der Waals surface area contributed by atoms with Crippen LogP contribution in [0.2, 0.25) is 0 Å². The number of allylic oxidation sites excluding steroid dienone is 1. The van der Waals surface area contributed by atoms with E-state index in [1.807, 2.05) is 0 Å². The Hall–Kier alpha value is -4.04. The Kier molecular flexibility index (Phi) is 8.09. The second-order valence-corrected chi connectivity index (χ2v) is 10.2. The first-order valence-electron chi connectivity index (χ1n) is 12.7. The van der Waals surface area contributed by atoms with E-state index < -0.39 is 24.2 Å². The van der Waals surface area contributed by atoms with Crippen molar-refractivity contribution >= 4 is 23.0 Å². The first-order valence-corrected chi connectivity index (χ1v) is 12.7. The number of β-amino-alcohol motifs (C(OH)–C–C–N with tert-alkyl or cyclic N) is 1. The number of aliphatic hydroxyl groups excluding tert-OH is 1. The number of ether oxygens (including phenoxy) is 2. The van der Waals surface area contributed by atoms with Gasteiger partial charge in [-0.1, -0.05) is 0 Å². The monoisotopic (exact) mass is 577 g/mol. The number of nitrogen functional groups attached to an aromatic ring is 1. The van der Waals surface area contributed by atoms with Crippen molar-refractivity contribution in [2.45, 2.75) is 38.1 Å². The van der Waals surface area contributed by atoms with E-state index in [-0.39, 0.29) is 18.3 Å². The summed E-state index contributed by atoms with van der Waals surface area (Å²) in [5, 5.41) is 16.6. The maximum Gasteiger partial charge on any atom is 0.391 e. The quantitative estimate of drug-likeness (QED) is 0.431. The normalized spacial score (nSPS) is 20.7. The fourth-order valence-electron chi connectivity index (χ4n) is 5.03. The summed E-state index contributed by atoms with van der Waals surface area (Å²) in [7, 11) is 6.37. The molecule has 0 spiro atoms. The second-order valence-electron chi connectivity index (χ2n) is 10.2. The lowest BCUT2D eigenvalue weighted by Crippen LogP contribution is -2.54. The number of amides is 1. The third kappa shape index (κ3) is 6.03. The molecule has 2 unspecified atom stereocenters. The minimum atomic E-state index is -4.48. The van der Waals surface area contributed by atoms with Gasteiger partial charge in [0, 0.05) is 44.2 Å². The highest BCUT2D eigenvalue weighted by Crippen LogP contribution is 2.37. The molecule has 0 saturated heterocycles. The van der Waals surface area contributed by atoms with Crippen LogP contribution in [-0.2, 0) is 10.3 Å².